The molecule has 13 heteroatoms. The van der Waals surface area contributed by atoms with Gasteiger partial charge in [0.05, 0.1) is 15.2 Å². The van der Waals surface area contributed by atoms with E-state index in [-0.39, 0.29) is 26.4 Å². The lowest BCUT2D eigenvalue weighted by Gasteiger charge is -2.13. The average Bonchev–Trinajstić information content (AvgIpc) is 3.07. The van der Waals surface area contributed by atoms with Gasteiger partial charge in [0.2, 0.25) is 10.0 Å². The van der Waals surface area contributed by atoms with E-state index in [1.165, 1.54) is 44.4 Å². The number of nitrogens with one attached hydrogen (secondary N) is 1. The Morgan fingerprint density at radius 3 is 2.58 bits per heavy atom. The van der Waals surface area contributed by atoms with Crippen LogP contribution in [0.1, 0.15) is 10.4 Å². The third-order valence-corrected chi connectivity index (χ3v) is 7.17. The number of alkyl halides is 3. The van der Waals surface area contributed by atoms with Crippen LogP contribution in [-0.4, -0.2) is 50.5 Å². The number of carbonyl (C=O) groups excluding carboxylic acids is 1. The molecule has 0 unspecified atom stereocenters. The van der Waals surface area contributed by atoms with Crippen molar-refractivity contribution in [3.05, 3.63) is 47.0 Å². The Morgan fingerprint density at radius 1 is 1.23 bits per heavy atom. The zero-order chi connectivity index (χ0) is 23.0. The van der Waals surface area contributed by atoms with Crippen molar-refractivity contribution in [1.29, 1.82) is 0 Å². The molecule has 0 spiro atoms. The fourth-order valence-corrected chi connectivity index (χ4v) is 4.70. The molecule has 0 aliphatic carbocycles. The van der Waals surface area contributed by atoms with Crippen molar-refractivity contribution in [2.75, 3.05) is 26.0 Å². The first-order valence-corrected chi connectivity index (χ1v) is 11.1. The first-order chi connectivity index (χ1) is 14.4. The molecule has 0 bridgehead atoms. The van der Waals surface area contributed by atoms with Crippen molar-refractivity contribution in [3.63, 3.8) is 0 Å². The van der Waals surface area contributed by atoms with Crippen molar-refractivity contribution in [2.45, 2.75) is 11.1 Å². The van der Waals surface area contributed by atoms with Gasteiger partial charge in [0.15, 0.2) is 11.7 Å². The molecule has 3 rings (SSSR count). The van der Waals surface area contributed by atoms with Gasteiger partial charge >= 0.3 is 6.18 Å². The van der Waals surface area contributed by atoms with E-state index in [4.69, 9.17) is 16.3 Å². The zero-order valence-electron chi connectivity index (χ0n) is 16.0. The number of sulfonamides is 1. The van der Waals surface area contributed by atoms with Gasteiger partial charge in [0.1, 0.15) is 10.6 Å². The molecule has 0 radical (unpaired) electrons. The fourth-order valence-electron chi connectivity index (χ4n) is 2.42. The van der Waals surface area contributed by atoms with Crippen molar-refractivity contribution in [2.24, 2.45) is 0 Å². The van der Waals surface area contributed by atoms with Crippen LogP contribution in [0.4, 0.5) is 18.3 Å². The Labute approximate surface area is 184 Å². The third-order valence-electron chi connectivity index (χ3n) is 3.93. The Kier molecular flexibility index (Phi) is 6.46. The van der Waals surface area contributed by atoms with E-state index >= 15 is 0 Å². The molecule has 0 atom stereocenters. The van der Waals surface area contributed by atoms with Gasteiger partial charge in [-0.25, -0.2) is 17.7 Å². The molecule has 0 aliphatic heterocycles. The summed E-state index contributed by atoms with van der Waals surface area (Å²) >= 11 is 7.01. The van der Waals surface area contributed by atoms with Crippen LogP contribution >= 0.6 is 22.9 Å². The molecule has 0 aliphatic rings. The number of hydrogen-bond donors (Lipinski definition) is 1. The van der Waals surface area contributed by atoms with E-state index in [2.05, 4.69) is 10.3 Å². The van der Waals surface area contributed by atoms with Crippen molar-refractivity contribution >= 4 is 54.2 Å². The summed E-state index contributed by atoms with van der Waals surface area (Å²) in [5.41, 5.74) is 0.491. The fraction of sp³-hybridized carbons (Fsp3) is 0.222. The summed E-state index contributed by atoms with van der Waals surface area (Å²) in [6, 6.07) is 8.02. The van der Waals surface area contributed by atoms with Crippen LogP contribution in [0.25, 0.3) is 10.2 Å². The molecule has 1 N–H and O–H groups in total. The monoisotopic (exact) mass is 493 g/mol. The number of nitrogens with zero attached hydrogens (tertiary/aromatic N) is 2. The zero-order valence-corrected chi connectivity index (χ0v) is 18.4. The van der Waals surface area contributed by atoms with Gasteiger partial charge in [-0.3, -0.25) is 10.1 Å². The third kappa shape index (κ3) is 5.45. The number of aromatic nitrogens is 1. The van der Waals surface area contributed by atoms with E-state index in [9.17, 15) is 26.4 Å². The number of rotatable bonds is 6. The first-order valence-electron chi connectivity index (χ1n) is 8.50. The minimum Gasteiger partial charge on any atom is -0.484 e. The first kappa shape index (κ1) is 23.3. The van der Waals surface area contributed by atoms with Crippen molar-refractivity contribution < 1.29 is 31.1 Å². The quantitative estimate of drug-likeness (QED) is 0.550. The normalized spacial score (nSPS) is 12.4. The average molecular weight is 494 g/mol. The van der Waals surface area contributed by atoms with Crippen LogP contribution in [0.15, 0.2) is 41.3 Å². The number of carbonyl (C=O) groups is 1. The van der Waals surface area contributed by atoms with Gasteiger partial charge in [0.25, 0.3) is 5.91 Å². The van der Waals surface area contributed by atoms with E-state index in [1.54, 1.807) is 0 Å². The highest BCUT2D eigenvalue weighted by molar-refractivity contribution is 7.89. The Morgan fingerprint density at radius 2 is 1.94 bits per heavy atom. The summed E-state index contributed by atoms with van der Waals surface area (Å²) < 4.78 is 67.8. The minimum atomic E-state index is -4.46. The largest absolute Gasteiger partial charge is 0.484 e. The number of amides is 1. The topological polar surface area (TPSA) is 88.6 Å². The number of fused-ring (bicyclic) bond motifs is 1. The van der Waals surface area contributed by atoms with E-state index < -0.39 is 28.7 Å². The van der Waals surface area contributed by atoms with Crippen LogP contribution in [0, 0.1) is 0 Å². The van der Waals surface area contributed by atoms with E-state index in [0.717, 1.165) is 21.7 Å². The number of hydrogen-bond acceptors (Lipinski definition) is 6. The molecule has 166 valence electrons. The number of anilines is 1. The smallest absolute Gasteiger partial charge is 0.422 e. The molecule has 0 saturated carbocycles. The highest BCUT2D eigenvalue weighted by atomic mass is 35.5. The predicted molar refractivity (Wildman–Crippen MR) is 111 cm³/mol. The lowest BCUT2D eigenvalue weighted by atomic mass is 10.2. The van der Waals surface area contributed by atoms with Gasteiger partial charge in [-0.05, 0) is 36.4 Å². The Bertz CT molecular complexity index is 1240. The number of benzene rings is 2. The number of ether oxygens (including phenoxy) is 1. The van der Waals surface area contributed by atoms with Crippen LogP contribution in [0.2, 0.25) is 5.02 Å². The van der Waals surface area contributed by atoms with E-state index in [1.807, 2.05) is 0 Å². The van der Waals surface area contributed by atoms with Crippen molar-refractivity contribution in [1.82, 2.24) is 9.29 Å². The molecule has 7 nitrogen and oxygen atoms in total. The number of thiazole rings is 1. The second kappa shape index (κ2) is 8.61. The van der Waals surface area contributed by atoms with E-state index in [0.29, 0.717) is 10.2 Å². The Hall–Kier alpha value is -2.41. The SMILES string of the molecule is CN(C)S(=O)(=O)c1cc(C(=O)Nc2nc3ccc(OCC(F)(F)F)cc3s2)ccc1Cl. The van der Waals surface area contributed by atoms with Crippen molar-refractivity contribution in [3.8, 4) is 5.75 Å². The molecule has 3 aromatic rings. The van der Waals surface area contributed by atoms with Crippen LogP contribution < -0.4 is 10.1 Å². The lowest BCUT2D eigenvalue weighted by Crippen LogP contribution is -2.23. The summed E-state index contributed by atoms with van der Waals surface area (Å²) in [5, 5.41) is 2.70. The van der Waals surface area contributed by atoms with Gasteiger partial charge in [-0.2, -0.15) is 13.2 Å². The summed E-state index contributed by atoms with van der Waals surface area (Å²) in [4.78, 5) is 16.6. The lowest BCUT2D eigenvalue weighted by molar-refractivity contribution is -0.153. The molecule has 31 heavy (non-hydrogen) atoms. The predicted octanol–water partition coefficient (Wildman–Crippen LogP) is 4.39. The second-order valence-corrected chi connectivity index (χ2v) is 10.00. The van der Waals surface area contributed by atoms with Crippen LogP contribution in [0.3, 0.4) is 0 Å². The Balaban J connectivity index is 1.82. The second-order valence-electron chi connectivity index (χ2n) is 6.44. The van der Waals surface area contributed by atoms with Crippen LogP contribution in [0.5, 0.6) is 5.75 Å². The molecule has 2 aromatic carbocycles. The van der Waals surface area contributed by atoms with Gasteiger partial charge in [-0.15, -0.1) is 0 Å². The maximum absolute atomic E-state index is 12.6. The van der Waals surface area contributed by atoms with Gasteiger partial charge < -0.3 is 4.74 Å². The maximum Gasteiger partial charge on any atom is 0.422 e. The highest BCUT2D eigenvalue weighted by Gasteiger charge is 2.28. The maximum atomic E-state index is 12.6. The standard InChI is InChI=1S/C18H15ClF3N3O4S2/c1-25(2)31(27,28)15-7-10(3-5-12(15)19)16(26)24-17-23-13-6-4-11(8-14(13)30-17)29-9-18(20,21)22/h3-8H,9H2,1-2H3,(H,23,24,26). The summed E-state index contributed by atoms with van der Waals surface area (Å²) in [5.74, 6) is -0.609. The summed E-state index contributed by atoms with van der Waals surface area (Å²) in [6.07, 6.45) is -4.46. The van der Waals surface area contributed by atoms with Gasteiger partial charge in [0, 0.05) is 19.7 Å². The van der Waals surface area contributed by atoms with Gasteiger partial charge in [-0.1, -0.05) is 22.9 Å². The minimum absolute atomic E-state index is 0.0163. The molecule has 1 amide bonds. The molecular weight excluding hydrogens is 479 g/mol. The molecule has 1 heterocycles. The molecular formula is C18H15ClF3N3O4S2. The van der Waals surface area contributed by atoms with Crippen LogP contribution in [-0.2, 0) is 10.0 Å². The number of halogens is 4. The molecule has 1 aromatic heterocycles. The highest BCUT2D eigenvalue weighted by Crippen LogP contribution is 2.31. The summed E-state index contributed by atoms with van der Waals surface area (Å²) in [7, 11) is -1.18. The molecule has 0 saturated heterocycles. The molecule has 0 fully saturated rings. The summed E-state index contributed by atoms with van der Waals surface area (Å²) in [6.45, 7) is -1.42.